The Balaban J connectivity index is -0.000000457. The minimum Gasteiger partial charge on any atom is -0.515 e. The van der Waals surface area contributed by atoms with E-state index in [4.69, 9.17) is 27.4 Å². The van der Waals surface area contributed by atoms with Gasteiger partial charge in [-0.3, -0.25) is 4.98 Å². The van der Waals surface area contributed by atoms with Crippen molar-refractivity contribution < 1.29 is 42.7 Å². The fourth-order valence-corrected chi connectivity index (χ4v) is 4.33. The van der Waals surface area contributed by atoms with Crippen molar-refractivity contribution >= 4 is 30.9 Å². The smallest absolute Gasteiger partial charge is 0.101 e. The maximum Gasteiger partial charge on any atom is 0.101 e. The number of benzene rings is 1. The van der Waals surface area contributed by atoms with E-state index >= 15 is 0 Å². The molecule has 1 aromatic heterocycles. The predicted molar refractivity (Wildman–Crippen MR) is 151 cm³/mol. The van der Waals surface area contributed by atoms with Crippen LogP contribution in [0.4, 0.5) is 0 Å². The van der Waals surface area contributed by atoms with Gasteiger partial charge in [-0.05, 0) is 51.4 Å². The molecule has 0 aliphatic rings. The molecule has 0 fully saturated rings. The van der Waals surface area contributed by atoms with Gasteiger partial charge in [0.15, 0.2) is 0 Å². The zero-order valence-electron chi connectivity index (χ0n) is 22.9. The zero-order chi connectivity index (χ0) is 28.9. The molecule has 5 N–H and O–H groups in total. The van der Waals surface area contributed by atoms with E-state index in [1.165, 1.54) is 33.8 Å². The van der Waals surface area contributed by atoms with Crippen LogP contribution in [0.3, 0.4) is 0 Å². The Hall–Kier alpha value is -3.33. The summed E-state index contributed by atoms with van der Waals surface area (Å²) in [5.74, 6) is 0. The van der Waals surface area contributed by atoms with Crippen LogP contribution < -0.4 is 0 Å². The third-order valence-electron chi connectivity index (χ3n) is 4.56. The van der Waals surface area contributed by atoms with Crippen LogP contribution >= 0.6 is 0 Å². The average Bonchev–Trinajstić information content (AvgIpc) is 2.92. The first-order valence-corrected chi connectivity index (χ1v) is 15.0. The Morgan fingerprint density at radius 1 is 0.763 bits per heavy atom. The second-order valence-electron chi connectivity index (χ2n) is 8.96. The molecule has 1 heterocycles. The summed E-state index contributed by atoms with van der Waals surface area (Å²) in [6, 6.07) is 16.1. The first-order valence-electron chi connectivity index (χ1n) is 11.3. The number of aliphatic hydroxyl groups is 1. The van der Waals surface area contributed by atoms with Gasteiger partial charge < -0.3 is 32.5 Å². The van der Waals surface area contributed by atoms with Crippen molar-refractivity contribution in [3.05, 3.63) is 79.1 Å². The minimum absolute atomic E-state index is 0. The molecular formula is C26H40CoN5O5Si-. The Labute approximate surface area is 237 Å². The number of rotatable bonds is 6. The zero-order valence-corrected chi connectivity index (χ0v) is 25.0. The van der Waals surface area contributed by atoms with Gasteiger partial charge in [0.05, 0.1) is 5.60 Å². The van der Waals surface area contributed by atoms with Gasteiger partial charge in [-0.25, -0.2) is 6.08 Å². The van der Waals surface area contributed by atoms with Crippen LogP contribution in [0.2, 0.25) is 25.7 Å². The van der Waals surface area contributed by atoms with Gasteiger partial charge in [-0.15, -0.1) is 0 Å². The van der Waals surface area contributed by atoms with Crippen LogP contribution in [0.1, 0.15) is 33.3 Å². The third kappa shape index (κ3) is 18.9. The molecule has 1 radical (unpaired) electrons. The number of aromatic nitrogens is 1. The van der Waals surface area contributed by atoms with Gasteiger partial charge in [-0.2, -0.15) is 0 Å². The monoisotopic (exact) mass is 589 g/mol. The van der Waals surface area contributed by atoms with Crippen LogP contribution in [0, 0.1) is 6.58 Å². The largest absolute Gasteiger partial charge is 0.515 e. The van der Waals surface area contributed by atoms with Crippen molar-refractivity contribution in [2.75, 3.05) is 0 Å². The van der Waals surface area contributed by atoms with Gasteiger partial charge in [0, 0.05) is 37.2 Å². The molecule has 0 saturated carbocycles. The second kappa shape index (κ2) is 21.7. The first kappa shape index (κ1) is 39.2. The van der Waals surface area contributed by atoms with Crippen LogP contribution in [-0.2, 0) is 22.4 Å². The van der Waals surface area contributed by atoms with Gasteiger partial charge in [0.25, 0.3) is 0 Å². The van der Waals surface area contributed by atoms with Crippen molar-refractivity contribution in [1.82, 2.24) is 4.98 Å². The molecular weight excluding hydrogens is 549 g/mol. The summed E-state index contributed by atoms with van der Waals surface area (Å²) in [5.41, 5.74) is 1.17. The normalized spacial score (nSPS) is 13.5. The van der Waals surface area contributed by atoms with Gasteiger partial charge in [0.2, 0.25) is 0 Å². The molecule has 0 unspecified atom stereocenters. The van der Waals surface area contributed by atoms with Gasteiger partial charge in [-0.1, -0.05) is 76.7 Å². The summed E-state index contributed by atoms with van der Waals surface area (Å²) in [5, 5.41) is 53.8. The van der Waals surface area contributed by atoms with Crippen LogP contribution in [-0.4, -0.2) is 61.8 Å². The molecule has 38 heavy (non-hydrogen) atoms. The molecule has 0 aliphatic carbocycles. The fourth-order valence-electron chi connectivity index (χ4n) is 2.39. The molecule has 0 amide bonds. The molecule has 0 spiro atoms. The molecule has 0 aliphatic heterocycles. The van der Waals surface area contributed by atoms with E-state index in [-0.39, 0.29) is 16.8 Å². The molecule has 1 aromatic carbocycles. The van der Waals surface area contributed by atoms with E-state index in [0.29, 0.717) is 22.8 Å². The summed E-state index contributed by atoms with van der Waals surface area (Å²) >= 11 is 0. The van der Waals surface area contributed by atoms with E-state index in [1.807, 2.05) is 48.5 Å². The van der Waals surface area contributed by atoms with Crippen molar-refractivity contribution in [3.8, 4) is 0 Å². The summed E-state index contributed by atoms with van der Waals surface area (Å²) in [4.78, 5) is 3.78. The van der Waals surface area contributed by atoms with Crippen molar-refractivity contribution in [2.24, 2.45) is 20.6 Å². The van der Waals surface area contributed by atoms with Crippen LogP contribution in [0.5, 0.6) is 0 Å². The average molecular weight is 590 g/mol. The number of pyridine rings is 1. The number of oxime groups is 4. The molecule has 2 rings (SSSR count). The Morgan fingerprint density at radius 2 is 1.11 bits per heavy atom. The predicted octanol–water partition coefficient (Wildman–Crippen LogP) is 5.65. The Bertz CT molecular complexity index is 923. The van der Waals surface area contributed by atoms with Crippen molar-refractivity contribution in [1.29, 1.82) is 0 Å². The summed E-state index contributed by atoms with van der Waals surface area (Å²) in [7, 11) is -1.36. The molecule has 0 saturated heterocycles. The maximum atomic E-state index is 10.5. The first-order chi connectivity index (χ1) is 17.3. The van der Waals surface area contributed by atoms with E-state index < -0.39 is 13.7 Å². The third-order valence-corrected chi connectivity index (χ3v) is 6.16. The van der Waals surface area contributed by atoms with Crippen LogP contribution in [0.15, 0.2) is 87.6 Å². The summed E-state index contributed by atoms with van der Waals surface area (Å²) in [6.45, 7) is 18.4. The summed E-state index contributed by atoms with van der Waals surface area (Å²) in [6.07, 6.45) is 4.92. The number of hydrogen-bond donors (Lipinski definition) is 5. The Kier molecular flexibility index (Phi) is 22.4. The molecule has 1 atom stereocenters. The van der Waals surface area contributed by atoms with Crippen molar-refractivity contribution in [3.63, 3.8) is 0 Å². The molecule has 2 aromatic rings. The molecule has 213 valence electrons. The van der Waals surface area contributed by atoms with E-state index in [9.17, 15) is 5.11 Å². The molecule has 10 nitrogen and oxygen atoms in total. The second-order valence-corrected chi connectivity index (χ2v) is 14.4. The standard InChI is InChI=1S/C13H19OSi.C5H5N.2C4H8N2O2.Co/c1-5-13(14,11-15(2,3)4)12-9-7-6-8-10-12;1-2-4-6-5-3-1;2*1-3(5-7)4(2)6-8;/h1,5-10,14H,11H2,2-4H3;1-5H;2*7-8H,1-2H3;/q-1;;;;/b;;2*5-3+,6-4+;/t13-;;;;/m1..../s1. The van der Waals surface area contributed by atoms with E-state index in [0.717, 1.165) is 11.6 Å². The van der Waals surface area contributed by atoms with Gasteiger partial charge in [0.1, 0.15) is 22.8 Å². The molecule has 12 heteroatoms. The fraction of sp³-hybridized carbons (Fsp3) is 0.346. The molecule has 0 bridgehead atoms. The quantitative estimate of drug-likeness (QED) is 0.0960. The van der Waals surface area contributed by atoms with E-state index in [2.05, 4.69) is 45.2 Å². The maximum absolute atomic E-state index is 10.5. The minimum atomic E-state index is -1.36. The Morgan fingerprint density at radius 3 is 1.32 bits per heavy atom. The summed E-state index contributed by atoms with van der Waals surface area (Å²) < 4.78 is 0. The van der Waals surface area contributed by atoms with Crippen LogP contribution in [0.25, 0.3) is 0 Å². The SMILES string of the molecule is CC(=N\O)/C(C)=N/O.CC(=N\O)/C(C)=N/O.[CH-]=C[C@@](O)(C[Si](C)(C)C)c1ccccc1.[Co].c1ccncc1. The van der Waals surface area contributed by atoms with Crippen molar-refractivity contribution in [2.45, 2.75) is 59.0 Å². The van der Waals surface area contributed by atoms with Gasteiger partial charge >= 0.3 is 0 Å². The van der Waals surface area contributed by atoms with E-state index in [1.54, 1.807) is 12.4 Å². The number of hydrogen-bond acceptors (Lipinski definition) is 10. The topological polar surface area (TPSA) is 163 Å². The number of nitrogens with zero attached hydrogens (tertiary/aromatic N) is 5.